The van der Waals surface area contributed by atoms with E-state index in [0.29, 0.717) is 5.82 Å². The predicted octanol–water partition coefficient (Wildman–Crippen LogP) is 12.1. The number of fused-ring (bicyclic) bond motifs is 4. The maximum absolute atomic E-state index is 5.10. The van der Waals surface area contributed by atoms with Crippen molar-refractivity contribution in [3.63, 3.8) is 0 Å². The van der Waals surface area contributed by atoms with Crippen molar-refractivity contribution in [2.75, 3.05) is 0 Å². The van der Waals surface area contributed by atoms with Crippen molar-refractivity contribution in [3.05, 3.63) is 188 Å². The van der Waals surface area contributed by atoms with Crippen molar-refractivity contribution >= 4 is 32.7 Å². The Kier molecular flexibility index (Phi) is 7.73. The summed E-state index contributed by atoms with van der Waals surface area (Å²) in [5.41, 5.74) is 13.7. The molecule has 0 saturated heterocycles. The van der Waals surface area contributed by atoms with Gasteiger partial charge in [-0.2, -0.15) is 0 Å². The maximum Gasteiger partial charge on any atom is 0.160 e. The second kappa shape index (κ2) is 13.3. The zero-order valence-electron chi connectivity index (χ0n) is 29.1. The van der Waals surface area contributed by atoms with Gasteiger partial charge in [-0.3, -0.25) is 4.98 Å². The molecule has 0 saturated carbocycles. The quantitative estimate of drug-likeness (QED) is 0.163. The Morgan fingerprint density at radius 3 is 1.59 bits per heavy atom. The highest BCUT2D eigenvalue weighted by Gasteiger charge is 2.13. The van der Waals surface area contributed by atoms with Crippen LogP contribution in [0.1, 0.15) is 0 Å². The van der Waals surface area contributed by atoms with Gasteiger partial charge in [-0.1, -0.05) is 146 Å². The zero-order chi connectivity index (χ0) is 35.8. The lowest BCUT2D eigenvalue weighted by Crippen LogP contribution is -1.97. The van der Waals surface area contributed by atoms with Gasteiger partial charge in [0.25, 0.3) is 0 Å². The van der Waals surface area contributed by atoms with Gasteiger partial charge < -0.3 is 0 Å². The average Bonchev–Trinajstić information content (AvgIpc) is 3.26. The number of rotatable bonds is 6. The summed E-state index contributed by atoms with van der Waals surface area (Å²) in [5, 5.41) is 3.23. The minimum atomic E-state index is 0.667. The lowest BCUT2D eigenvalue weighted by molar-refractivity contribution is 1.17. The van der Waals surface area contributed by atoms with Crippen LogP contribution in [0.4, 0.5) is 0 Å². The molecule has 0 spiro atoms. The fourth-order valence-electron chi connectivity index (χ4n) is 7.07. The first-order valence-electron chi connectivity index (χ1n) is 18.0. The number of pyridine rings is 3. The molecule has 0 fully saturated rings. The topological polar surface area (TPSA) is 64.5 Å². The number of hydrogen-bond donors (Lipinski definition) is 0. The average molecular weight is 690 g/mol. The second-order valence-corrected chi connectivity index (χ2v) is 13.4. The van der Waals surface area contributed by atoms with Crippen LogP contribution >= 0.6 is 0 Å². The summed E-state index contributed by atoms with van der Waals surface area (Å²) in [6, 6.07) is 62.8. The molecule has 5 nitrogen and oxygen atoms in total. The Balaban J connectivity index is 0.964. The van der Waals surface area contributed by atoms with Gasteiger partial charge in [0.05, 0.1) is 39.3 Å². The molecule has 5 heteroatoms. The molecule has 10 rings (SSSR count). The number of nitrogens with zero attached hydrogens (tertiary/aromatic N) is 5. The lowest BCUT2D eigenvalue weighted by atomic mass is 10.00. The van der Waals surface area contributed by atoms with E-state index < -0.39 is 0 Å². The summed E-state index contributed by atoms with van der Waals surface area (Å²) < 4.78 is 0. The first-order valence-corrected chi connectivity index (χ1v) is 18.0. The molecule has 6 aromatic carbocycles. The Hall–Kier alpha value is -7.37. The Labute approximate surface area is 312 Å². The van der Waals surface area contributed by atoms with E-state index in [1.54, 1.807) is 0 Å². The van der Waals surface area contributed by atoms with E-state index in [1.165, 1.54) is 5.56 Å². The molecule has 0 aliphatic rings. The van der Waals surface area contributed by atoms with E-state index >= 15 is 0 Å². The molecule has 10 aromatic rings. The third-order valence-corrected chi connectivity index (χ3v) is 9.94. The molecule has 0 unspecified atom stereocenters. The first-order chi connectivity index (χ1) is 26.7. The van der Waals surface area contributed by atoms with Gasteiger partial charge in [-0.05, 0) is 58.7 Å². The molecule has 4 heterocycles. The van der Waals surface area contributed by atoms with Crippen molar-refractivity contribution in [2.24, 2.45) is 0 Å². The Morgan fingerprint density at radius 2 is 0.833 bits per heavy atom. The van der Waals surface area contributed by atoms with E-state index in [1.807, 2.05) is 54.7 Å². The van der Waals surface area contributed by atoms with Gasteiger partial charge in [-0.25, -0.2) is 19.9 Å². The van der Waals surface area contributed by atoms with Crippen LogP contribution in [-0.4, -0.2) is 24.9 Å². The third-order valence-electron chi connectivity index (χ3n) is 9.94. The van der Waals surface area contributed by atoms with Crippen LogP contribution in [-0.2, 0) is 0 Å². The molecule has 0 bridgehead atoms. The fourth-order valence-corrected chi connectivity index (χ4v) is 7.07. The molecule has 0 aliphatic heterocycles. The Bertz CT molecular complexity index is 2960. The molecule has 0 aliphatic carbocycles. The van der Waals surface area contributed by atoms with Gasteiger partial charge in [0, 0.05) is 39.0 Å². The SMILES string of the molecule is c1ccc(-c2ccc(-c3cc(-c4ccc5cc(-c6ccc(-c7ccc8ccc9cccnc9c8n7)cc6)ccc5n4)nc(-c4ccccc4)n3)cc2)cc1. The van der Waals surface area contributed by atoms with E-state index in [0.717, 1.165) is 88.9 Å². The van der Waals surface area contributed by atoms with Gasteiger partial charge in [-0.15, -0.1) is 0 Å². The number of aromatic nitrogens is 5. The van der Waals surface area contributed by atoms with Crippen molar-refractivity contribution in [1.82, 2.24) is 24.9 Å². The molecule has 0 atom stereocenters. The highest BCUT2D eigenvalue weighted by atomic mass is 14.9. The summed E-state index contributed by atoms with van der Waals surface area (Å²) in [4.78, 5) is 24.8. The molecular weight excluding hydrogens is 659 g/mol. The summed E-state index contributed by atoms with van der Waals surface area (Å²) in [6.45, 7) is 0. The molecule has 0 radical (unpaired) electrons. The molecule has 0 amide bonds. The normalized spacial score (nSPS) is 11.3. The molecule has 252 valence electrons. The number of benzene rings is 6. The maximum atomic E-state index is 5.10. The highest BCUT2D eigenvalue weighted by Crippen LogP contribution is 2.32. The molecule has 54 heavy (non-hydrogen) atoms. The van der Waals surface area contributed by atoms with Crippen molar-refractivity contribution in [2.45, 2.75) is 0 Å². The van der Waals surface area contributed by atoms with E-state index in [4.69, 9.17) is 19.9 Å². The van der Waals surface area contributed by atoms with E-state index in [2.05, 4.69) is 138 Å². The Morgan fingerprint density at radius 1 is 0.278 bits per heavy atom. The summed E-state index contributed by atoms with van der Waals surface area (Å²) in [5.74, 6) is 0.667. The fraction of sp³-hybridized carbons (Fsp3) is 0. The summed E-state index contributed by atoms with van der Waals surface area (Å²) in [6.07, 6.45) is 1.83. The van der Waals surface area contributed by atoms with Crippen LogP contribution in [0.5, 0.6) is 0 Å². The predicted molar refractivity (Wildman–Crippen MR) is 221 cm³/mol. The van der Waals surface area contributed by atoms with Crippen LogP contribution in [0.2, 0.25) is 0 Å². The van der Waals surface area contributed by atoms with Crippen LogP contribution in [0.15, 0.2) is 188 Å². The highest BCUT2D eigenvalue weighted by molar-refractivity contribution is 6.03. The smallest absolute Gasteiger partial charge is 0.160 e. The molecular formula is C49H31N5. The zero-order valence-corrected chi connectivity index (χ0v) is 29.1. The van der Waals surface area contributed by atoms with E-state index in [-0.39, 0.29) is 0 Å². The van der Waals surface area contributed by atoms with Gasteiger partial charge >= 0.3 is 0 Å². The van der Waals surface area contributed by atoms with Crippen molar-refractivity contribution < 1.29 is 0 Å². The standard InChI is InChI=1S/C49H31N5/c1-3-8-32(9-4-1)33-13-19-36(20-14-33)45-31-46(54-49(53-45)39-10-5-2-6-11-39)44-28-25-41-30-40(24-27-43(41)51-44)34-15-17-35(18-16-34)42-26-23-38-22-21-37-12-7-29-50-47(37)48(38)52-42/h1-31H. The van der Waals surface area contributed by atoms with E-state index in [9.17, 15) is 0 Å². The lowest BCUT2D eigenvalue weighted by Gasteiger charge is -2.11. The largest absolute Gasteiger partial charge is 0.254 e. The van der Waals surface area contributed by atoms with Crippen molar-refractivity contribution in [3.8, 4) is 67.5 Å². The summed E-state index contributed by atoms with van der Waals surface area (Å²) >= 11 is 0. The first kappa shape index (κ1) is 31.4. The van der Waals surface area contributed by atoms with Gasteiger partial charge in [0.2, 0.25) is 0 Å². The minimum absolute atomic E-state index is 0.667. The monoisotopic (exact) mass is 689 g/mol. The van der Waals surface area contributed by atoms with Crippen LogP contribution < -0.4 is 0 Å². The second-order valence-electron chi connectivity index (χ2n) is 13.4. The minimum Gasteiger partial charge on any atom is -0.254 e. The third kappa shape index (κ3) is 5.94. The number of hydrogen-bond acceptors (Lipinski definition) is 5. The summed E-state index contributed by atoms with van der Waals surface area (Å²) in [7, 11) is 0. The van der Waals surface area contributed by atoms with Gasteiger partial charge in [0.1, 0.15) is 0 Å². The molecule has 0 N–H and O–H groups in total. The molecule has 4 aromatic heterocycles. The van der Waals surface area contributed by atoms with Crippen LogP contribution in [0.25, 0.3) is 100 Å². The van der Waals surface area contributed by atoms with Gasteiger partial charge in [0.15, 0.2) is 5.82 Å². The van der Waals surface area contributed by atoms with Crippen molar-refractivity contribution in [1.29, 1.82) is 0 Å². The van der Waals surface area contributed by atoms with Crippen LogP contribution in [0.3, 0.4) is 0 Å². The van der Waals surface area contributed by atoms with Crippen LogP contribution in [0, 0.1) is 0 Å².